The standard InChI is InChI=1S/C14H18N6S2/c1-10-8-20-13(15-10)22-14(17-20)19-5-3-4-18(6-7-19)12-16-11(2)9-21-12/h8-9H,3-7H2,1-2H3. The van der Waals surface area contributed by atoms with Crippen molar-refractivity contribution in [1.82, 2.24) is 19.6 Å². The van der Waals surface area contributed by atoms with Gasteiger partial charge in [-0.05, 0) is 20.3 Å². The second kappa shape index (κ2) is 5.51. The second-order valence-electron chi connectivity index (χ2n) is 5.59. The molecule has 3 aromatic rings. The Morgan fingerprint density at radius 1 is 0.955 bits per heavy atom. The predicted octanol–water partition coefficient (Wildman–Crippen LogP) is 2.58. The smallest absolute Gasteiger partial charge is 0.214 e. The summed E-state index contributed by atoms with van der Waals surface area (Å²) in [6.07, 6.45) is 3.11. The number of imidazole rings is 1. The van der Waals surface area contributed by atoms with Crippen molar-refractivity contribution in [3.63, 3.8) is 0 Å². The molecule has 0 spiro atoms. The van der Waals surface area contributed by atoms with Crippen LogP contribution in [0.4, 0.5) is 10.3 Å². The number of hydrogen-bond donors (Lipinski definition) is 0. The van der Waals surface area contributed by atoms with Crippen LogP contribution >= 0.6 is 22.7 Å². The average Bonchev–Trinajstić information content (AvgIpc) is 3.09. The fourth-order valence-electron chi connectivity index (χ4n) is 2.71. The van der Waals surface area contributed by atoms with Crippen LogP contribution in [0.3, 0.4) is 0 Å². The molecule has 1 fully saturated rings. The lowest BCUT2D eigenvalue weighted by Gasteiger charge is -2.20. The lowest BCUT2D eigenvalue weighted by Crippen LogP contribution is -2.30. The highest BCUT2D eigenvalue weighted by Gasteiger charge is 2.20. The lowest BCUT2D eigenvalue weighted by molar-refractivity contribution is 0.792. The summed E-state index contributed by atoms with van der Waals surface area (Å²) in [5.41, 5.74) is 2.13. The number of hydrogen-bond acceptors (Lipinski definition) is 7. The SMILES string of the molecule is Cc1csc(N2CCCN(c3nn4cc(C)nc4s3)CC2)n1. The average molecular weight is 334 g/mol. The van der Waals surface area contributed by atoms with Crippen LogP contribution in [0.1, 0.15) is 17.8 Å². The van der Waals surface area contributed by atoms with Gasteiger partial charge in [-0.2, -0.15) is 0 Å². The molecule has 1 aliphatic heterocycles. The van der Waals surface area contributed by atoms with Crippen LogP contribution in [0.15, 0.2) is 11.6 Å². The molecule has 1 saturated heterocycles. The minimum absolute atomic E-state index is 0.976. The fraction of sp³-hybridized carbons (Fsp3) is 0.500. The molecule has 4 heterocycles. The maximum absolute atomic E-state index is 4.67. The van der Waals surface area contributed by atoms with Crippen LogP contribution in [0.25, 0.3) is 4.96 Å². The minimum Gasteiger partial charge on any atom is -0.346 e. The lowest BCUT2D eigenvalue weighted by atomic mass is 10.4. The zero-order valence-electron chi connectivity index (χ0n) is 12.7. The van der Waals surface area contributed by atoms with Gasteiger partial charge in [-0.1, -0.05) is 11.3 Å². The molecule has 0 unspecified atom stereocenters. The predicted molar refractivity (Wildman–Crippen MR) is 91.5 cm³/mol. The van der Waals surface area contributed by atoms with E-state index in [1.807, 2.05) is 17.6 Å². The van der Waals surface area contributed by atoms with Gasteiger partial charge in [0, 0.05) is 31.6 Å². The van der Waals surface area contributed by atoms with Crippen molar-refractivity contribution in [1.29, 1.82) is 0 Å². The zero-order valence-corrected chi connectivity index (χ0v) is 14.3. The van der Waals surface area contributed by atoms with E-state index >= 15 is 0 Å². The molecular formula is C14H18N6S2. The molecular weight excluding hydrogens is 316 g/mol. The Morgan fingerprint density at radius 2 is 1.73 bits per heavy atom. The molecule has 4 rings (SSSR count). The highest BCUT2D eigenvalue weighted by atomic mass is 32.1. The van der Waals surface area contributed by atoms with Crippen LogP contribution in [0.5, 0.6) is 0 Å². The minimum atomic E-state index is 0.976. The summed E-state index contributed by atoms with van der Waals surface area (Å²) in [7, 11) is 0. The van der Waals surface area contributed by atoms with E-state index in [0.29, 0.717) is 0 Å². The Bertz CT molecular complexity index is 757. The molecule has 116 valence electrons. The van der Waals surface area contributed by atoms with Gasteiger partial charge in [0.25, 0.3) is 0 Å². The van der Waals surface area contributed by atoms with Crippen molar-refractivity contribution in [3.05, 3.63) is 23.0 Å². The molecule has 0 N–H and O–H groups in total. The highest BCUT2D eigenvalue weighted by molar-refractivity contribution is 7.20. The summed E-state index contributed by atoms with van der Waals surface area (Å²) in [6.45, 7) is 8.13. The quantitative estimate of drug-likeness (QED) is 0.721. The summed E-state index contributed by atoms with van der Waals surface area (Å²) in [6, 6.07) is 0. The van der Waals surface area contributed by atoms with Crippen LogP contribution in [0, 0.1) is 13.8 Å². The molecule has 3 aromatic heterocycles. The Kier molecular flexibility index (Phi) is 3.50. The summed E-state index contributed by atoms with van der Waals surface area (Å²) < 4.78 is 1.89. The van der Waals surface area contributed by atoms with Crippen molar-refractivity contribution >= 4 is 37.9 Å². The van der Waals surface area contributed by atoms with Crippen molar-refractivity contribution in [2.45, 2.75) is 20.3 Å². The Hall–Kier alpha value is -1.67. The number of aryl methyl sites for hydroxylation is 2. The van der Waals surface area contributed by atoms with E-state index in [0.717, 1.165) is 59.2 Å². The number of thiazole rings is 1. The first-order chi connectivity index (χ1) is 10.7. The van der Waals surface area contributed by atoms with Gasteiger partial charge in [0.1, 0.15) is 0 Å². The second-order valence-corrected chi connectivity index (χ2v) is 7.36. The summed E-state index contributed by atoms with van der Waals surface area (Å²) in [4.78, 5) is 14.8. The first-order valence-electron chi connectivity index (χ1n) is 7.44. The first kappa shape index (κ1) is 14.0. The van der Waals surface area contributed by atoms with E-state index in [1.165, 1.54) is 0 Å². The molecule has 22 heavy (non-hydrogen) atoms. The molecule has 0 aliphatic carbocycles. The van der Waals surface area contributed by atoms with E-state index in [1.54, 1.807) is 22.7 Å². The third kappa shape index (κ3) is 2.56. The Morgan fingerprint density at radius 3 is 2.41 bits per heavy atom. The van der Waals surface area contributed by atoms with E-state index < -0.39 is 0 Å². The van der Waals surface area contributed by atoms with Gasteiger partial charge in [-0.25, -0.2) is 14.5 Å². The Labute approximate surface area is 137 Å². The number of fused-ring (bicyclic) bond motifs is 1. The van der Waals surface area contributed by atoms with E-state index in [-0.39, 0.29) is 0 Å². The van der Waals surface area contributed by atoms with Crippen molar-refractivity contribution < 1.29 is 0 Å². The topological polar surface area (TPSA) is 49.6 Å². The number of rotatable bonds is 2. The van der Waals surface area contributed by atoms with E-state index in [9.17, 15) is 0 Å². The monoisotopic (exact) mass is 334 g/mol. The molecule has 0 atom stereocenters. The van der Waals surface area contributed by atoms with Crippen LogP contribution in [-0.2, 0) is 0 Å². The third-order valence-electron chi connectivity index (χ3n) is 3.80. The molecule has 0 bridgehead atoms. The van der Waals surface area contributed by atoms with Crippen molar-refractivity contribution in [3.8, 4) is 0 Å². The zero-order chi connectivity index (χ0) is 15.1. The van der Waals surface area contributed by atoms with Gasteiger partial charge in [-0.15, -0.1) is 16.4 Å². The number of nitrogens with zero attached hydrogens (tertiary/aromatic N) is 6. The van der Waals surface area contributed by atoms with Gasteiger partial charge in [0.2, 0.25) is 10.1 Å². The number of anilines is 2. The largest absolute Gasteiger partial charge is 0.346 e. The normalized spacial score (nSPS) is 16.5. The molecule has 0 amide bonds. The van der Waals surface area contributed by atoms with E-state index in [2.05, 4.69) is 37.2 Å². The summed E-state index contributed by atoms with van der Waals surface area (Å²) >= 11 is 3.41. The van der Waals surface area contributed by atoms with Gasteiger partial charge in [0.05, 0.1) is 17.6 Å². The van der Waals surface area contributed by atoms with Crippen LogP contribution in [0.2, 0.25) is 0 Å². The van der Waals surface area contributed by atoms with Gasteiger partial charge in [-0.3, -0.25) is 0 Å². The highest BCUT2D eigenvalue weighted by Crippen LogP contribution is 2.26. The van der Waals surface area contributed by atoms with E-state index in [4.69, 9.17) is 0 Å². The summed E-state index contributed by atoms with van der Waals surface area (Å²) in [5.74, 6) is 0. The molecule has 0 aromatic carbocycles. The fourth-order valence-corrected chi connectivity index (χ4v) is 4.55. The van der Waals surface area contributed by atoms with Gasteiger partial charge < -0.3 is 9.80 Å². The first-order valence-corrected chi connectivity index (χ1v) is 9.13. The third-order valence-corrected chi connectivity index (χ3v) is 5.80. The maximum Gasteiger partial charge on any atom is 0.214 e. The molecule has 0 radical (unpaired) electrons. The molecule has 1 aliphatic rings. The van der Waals surface area contributed by atoms with Crippen LogP contribution in [-0.4, -0.2) is 45.8 Å². The van der Waals surface area contributed by atoms with Crippen molar-refractivity contribution in [2.75, 3.05) is 36.0 Å². The van der Waals surface area contributed by atoms with Crippen LogP contribution < -0.4 is 9.80 Å². The molecule has 0 saturated carbocycles. The Balaban J connectivity index is 1.51. The van der Waals surface area contributed by atoms with Crippen molar-refractivity contribution in [2.24, 2.45) is 0 Å². The summed E-state index contributed by atoms with van der Waals surface area (Å²) in [5, 5.41) is 9.00. The maximum atomic E-state index is 4.67. The molecule has 8 heteroatoms. The number of aromatic nitrogens is 4. The van der Waals surface area contributed by atoms with Gasteiger partial charge >= 0.3 is 0 Å². The van der Waals surface area contributed by atoms with Gasteiger partial charge in [0.15, 0.2) is 5.13 Å². The molecule has 6 nitrogen and oxygen atoms in total.